The lowest BCUT2D eigenvalue weighted by molar-refractivity contribution is -0.135. The van der Waals surface area contributed by atoms with Crippen molar-refractivity contribution in [2.45, 2.75) is 51.0 Å². The van der Waals surface area contributed by atoms with Gasteiger partial charge in [0.25, 0.3) is 0 Å². The molecule has 3 rings (SSSR count). The number of nitriles is 1. The van der Waals surface area contributed by atoms with Crippen molar-refractivity contribution in [3.63, 3.8) is 0 Å². The van der Waals surface area contributed by atoms with Crippen LogP contribution in [0.1, 0.15) is 44.1 Å². The van der Waals surface area contributed by atoms with Crippen LogP contribution in [0.5, 0.6) is 0 Å². The molecule has 1 aromatic carbocycles. The topological polar surface area (TPSA) is 61.2 Å². The van der Waals surface area contributed by atoms with Crippen LogP contribution in [0, 0.1) is 17.2 Å². The van der Waals surface area contributed by atoms with Crippen LogP contribution in [-0.4, -0.2) is 29.2 Å². The van der Waals surface area contributed by atoms with E-state index in [0.717, 1.165) is 32.1 Å². The lowest BCUT2D eigenvalue weighted by atomic mass is 9.93. The Labute approximate surface area is 149 Å². The van der Waals surface area contributed by atoms with Crippen LogP contribution in [0.4, 0.5) is 0 Å². The number of hydrogen-bond donors (Lipinski definition) is 0. The van der Waals surface area contributed by atoms with Gasteiger partial charge in [-0.25, -0.2) is 0 Å². The van der Waals surface area contributed by atoms with Crippen LogP contribution in [0.25, 0.3) is 0 Å². The molecule has 1 aromatic rings. The van der Waals surface area contributed by atoms with Crippen molar-refractivity contribution in [2.24, 2.45) is 5.92 Å². The summed E-state index contributed by atoms with van der Waals surface area (Å²) in [6.07, 6.45) is 7.19. The Hall–Kier alpha value is -2.41. The molecule has 4 heteroatoms. The zero-order valence-corrected chi connectivity index (χ0v) is 14.5. The van der Waals surface area contributed by atoms with E-state index in [1.165, 1.54) is 5.56 Å². The molecule has 0 unspecified atom stereocenters. The highest BCUT2D eigenvalue weighted by Crippen LogP contribution is 2.32. The number of carbonyl (C=O) groups is 2. The predicted octanol–water partition coefficient (Wildman–Crippen LogP) is 3.43. The Balaban J connectivity index is 1.56. The van der Waals surface area contributed by atoms with E-state index in [9.17, 15) is 14.9 Å². The van der Waals surface area contributed by atoms with Gasteiger partial charge >= 0.3 is 0 Å². The molecule has 1 aliphatic heterocycles. The Bertz CT molecular complexity index is 702. The predicted molar refractivity (Wildman–Crippen MR) is 95.5 cm³/mol. The van der Waals surface area contributed by atoms with Gasteiger partial charge in [0.1, 0.15) is 6.04 Å². The number of ketones is 1. The molecule has 1 aliphatic carbocycles. The molecule has 130 valence electrons. The largest absolute Gasteiger partial charge is 0.326 e. The SMILES string of the molecule is N#C[C@@H]1CCCN1C(=O)[C@@H]1CCC=C1C(=O)CCCc1ccccc1. The lowest BCUT2D eigenvalue weighted by Crippen LogP contribution is -2.39. The van der Waals surface area contributed by atoms with Gasteiger partial charge in [0.2, 0.25) is 5.91 Å². The first-order chi connectivity index (χ1) is 12.2. The normalized spacial score (nSPS) is 22.5. The number of amides is 1. The molecule has 0 N–H and O–H groups in total. The number of nitrogens with zero attached hydrogens (tertiary/aromatic N) is 2. The molecule has 25 heavy (non-hydrogen) atoms. The van der Waals surface area contributed by atoms with Crippen molar-refractivity contribution in [1.82, 2.24) is 4.90 Å². The second-order valence-electron chi connectivity index (χ2n) is 6.87. The van der Waals surface area contributed by atoms with Gasteiger partial charge in [0.05, 0.1) is 12.0 Å². The number of Topliss-reactive ketones (excluding diaryl/α,β-unsaturated/α-hetero) is 1. The van der Waals surface area contributed by atoms with E-state index in [-0.39, 0.29) is 23.7 Å². The fraction of sp³-hybridized carbons (Fsp3) is 0.476. The number of likely N-dealkylation sites (tertiary alicyclic amines) is 1. The number of allylic oxidation sites excluding steroid dienone is 1. The molecule has 0 saturated carbocycles. The third-order valence-corrected chi connectivity index (χ3v) is 5.21. The summed E-state index contributed by atoms with van der Waals surface area (Å²) in [7, 11) is 0. The standard InChI is InChI=1S/C21H24N2O2/c22-15-17-10-6-14-23(17)21(25)19-12-5-11-18(19)20(24)13-4-9-16-7-2-1-3-8-16/h1-3,7-8,11,17,19H,4-6,9-10,12-14H2/t17-,19+/m0/s1. The van der Waals surface area contributed by atoms with Crippen molar-refractivity contribution in [3.8, 4) is 6.07 Å². The Morgan fingerprint density at radius 3 is 2.76 bits per heavy atom. The first kappa shape index (κ1) is 17.4. The molecule has 1 fully saturated rings. The van der Waals surface area contributed by atoms with E-state index in [1.54, 1.807) is 4.90 Å². The summed E-state index contributed by atoms with van der Waals surface area (Å²) in [6.45, 7) is 0.642. The maximum Gasteiger partial charge on any atom is 0.231 e. The minimum absolute atomic E-state index is 0.0239. The molecule has 2 atom stereocenters. The van der Waals surface area contributed by atoms with Crippen molar-refractivity contribution >= 4 is 11.7 Å². The fourth-order valence-corrected chi connectivity index (χ4v) is 3.87. The van der Waals surface area contributed by atoms with Crippen LogP contribution >= 0.6 is 0 Å². The number of benzene rings is 1. The third-order valence-electron chi connectivity index (χ3n) is 5.21. The summed E-state index contributed by atoms with van der Waals surface area (Å²) in [5, 5.41) is 9.20. The molecule has 0 aromatic heterocycles. The Morgan fingerprint density at radius 1 is 1.20 bits per heavy atom. The van der Waals surface area contributed by atoms with Gasteiger partial charge in [-0.1, -0.05) is 36.4 Å². The summed E-state index contributed by atoms with van der Waals surface area (Å²) in [5.74, 6) is -0.262. The van der Waals surface area contributed by atoms with Crippen molar-refractivity contribution in [2.75, 3.05) is 6.54 Å². The summed E-state index contributed by atoms with van der Waals surface area (Å²) in [5.41, 5.74) is 1.92. The van der Waals surface area contributed by atoms with E-state index in [4.69, 9.17) is 0 Å². The molecular weight excluding hydrogens is 312 g/mol. The third kappa shape index (κ3) is 3.99. The molecule has 1 saturated heterocycles. The molecule has 0 spiro atoms. The number of hydrogen-bond acceptors (Lipinski definition) is 3. The van der Waals surface area contributed by atoms with Gasteiger partial charge in [-0.05, 0) is 44.1 Å². The summed E-state index contributed by atoms with van der Waals surface area (Å²) in [6, 6.07) is 12.0. The van der Waals surface area contributed by atoms with Crippen LogP contribution in [0.3, 0.4) is 0 Å². The van der Waals surface area contributed by atoms with Gasteiger partial charge in [-0.3, -0.25) is 9.59 Å². The van der Waals surface area contributed by atoms with E-state index in [1.807, 2.05) is 24.3 Å². The monoisotopic (exact) mass is 336 g/mol. The van der Waals surface area contributed by atoms with Gasteiger partial charge in [0.15, 0.2) is 5.78 Å². The van der Waals surface area contributed by atoms with Crippen LogP contribution in [-0.2, 0) is 16.0 Å². The summed E-state index contributed by atoms with van der Waals surface area (Å²) < 4.78 is 0. The maximum absolute atomic E-state index is 12.8. The molecule has 0 bridgehead atoms. The first-order valence-electron chi connectivity index (χ1n) is 9.18. The van der Waals surface area contributed by atoms with Crippen molar-refractivity contribution in [1.29, 1.82) is 5.26 Å². The number of carbonyl (C=O) groups excluding carboxylic acids is 2. The average molecular weight is 336 g/mol. The zero-order chi connectivity index (χ0) is 17.6. The van der Waals surface area contributed by atoms with Crippen LogP contribution < -0.4 is 0 Å². The first-order valence-corrected chi connectivity index (χ1v) is 9.18. The minimum atomic E-state index is -0.335. The van der Waals surface area contributed by atoms with Gasteiger partial charge in [0, 0.05) is 18.5 Å². The molecule has 1 amide bonds. The summed E-state index contributed by atoms with van der Waals surface area (Å²) >= 11 is 0. The van der Waals surface area contributed by atoms with Gasteiger partial charge < -0.3 is 4.90 Å². The highest BCUT2D eigenvalue weighted by Gasteiger charge is 2.37. The second-order valence-corrected chi connectivity index (χ2v) is 6.87. The van der Waals surface area contributed by atoms with E-state index >= 15 is 0 Å². The number of rotatable bonds is 6. The molecule has 0 radical (unpaired) electrons. The highest BCUT2D eigenvalue weighted by atomic mass is 16.2. The van der Waals surface area contributed by atoms with Crippen LogP contribution in [0.15, 0.2) is 42.0 Å². The second kappa shape index (κ2) is 8.11. The highest BCUT2D eigenvalue weighted by molar-refractivity contribution is 6.02. The Morgan fingerprint density at radius 2 is 2.00 bits per heavy atom. The van der Waals surface area contributed by atoms with E-state index in [2.05, 4.69) is 18.2 Å². The number of aryl methyl sites for hydroxylation is 1. The molecular formula is C21H24N2O2. The van der Waals surface area contributed by atoms with Gasteiger partial charge in [-0.15, -0.1) is 0 Å². The Kier molecular flexibility index (Phi) is 5.65. The fourth-order valence-electron chi connectivity index (χ4n) is 3.87. The van der Waals surface area contributed by atoms with Crippen molar-refractivity contribution in [3.05, 3.63) is 47.5 Å². The van der Waals surface area contributed by atoms with Gasteiger partial charge in [-0.2, -0.15) is 5.26 Å². The van der Waals surface area contributed by atoms with Crippen LogP contribution in [0.2, 0.25) is 0 Å². The van der Waals surface area contributed by atoms with Crippen molar-refractivity contribution < 1.29 is 9.59 Å². The minimum Gasteiger partial charge on any atom is -0.326 e. The summed E-state index contributed by atoms with van der Waals surface area (Å²) in [4.78, 5) is 27.1. The molecule has 1 heterocycles. The lowest BCUT2D eigenvalue weighted by Gasteiger charge is -2.24. The molecule has 4 nitrogen and oxygen atoms in total. The quantitative estimate of drug-likeness (QED) is 0.799. The van der Waals surface area contributed by atoms with E-state index in [0.29, 0.717) is 25.0 Å². The zero-order valence-electron chi connectivity index (χ0n) is 14.5. The van der Waals surface area contributed by atoms with E-state index < -0.39 is 0 Å². The average Bonchev–Trinajstić information content (AvgIpc) is 3.31. The molecule has 2 aliphatic rings. The smallest absolute Gasteiger partial charge is 0.231 e. The maximum atomic E-state index is 12.8.